The number of amides is 1. The second-order valence-electron chi connectivity index (χ2n) is 9.15. The second kappa shape index (κ2) is 13.1. The van der Waals surface area contributed by atoms with Gasteiger partial charge in [0.1, 0.15) is 0 Å². The molecule has 0 bridgehead atoms. The number of methoxy groups -OCH3 is 1. The second-order valence-corrected chi connectivity index (χ2v) is 9.15. The van der Waals surface area contributed by atoms with Gasteiger partial charge in [-0.25, -0.2) is 0 Å². The molecule has 1 aliphatic carbocycles. The van der Waals surface area contributed by atoms with Crippen molar-refractivity contribution in [3.05, 3.63) is 17.5 Å². The summed E-state index contributed by atoms with van der Waals surface area (Å²) in [5, 5.41) is 10.9. The zero-order valence-electron chi connectivity index (χ0n) is 19.7. The lowest BCUT2D eigenvalue weighted by molar-refractivity contribution is -0.135. The number of aromatic nitrogens is 2. The maximum Gasteiger partial charge on any atom is 0.222 e. The van der Waals surface area contributed by atoms with Crippen LogP contribution in [0.4, 0.5) is 0 Å². The third-order valence-corrected chi connectivity index (χ3v) is 6.25. The summed E-state index contributed by atoms with van der Waals surface area (Å²) >= 11 is 0. The number of nitrogens with one attached hydrogen (secondary N) is 2. The molecule has 1 aromatic heterocycles. The van der Waals surface area contributed by atoms with Gasteiger partial charge in [-0.3, -0.25) is 9.89 Å². The maximum atomic E-state index is 12.9. The predicted molar refractivity (Wildman–Crippen MR) is 122 cm³/mol. The highest BCUT2D eigenvalue weighted by Crippen LogP contribution is 2.35. The average Bonchev–Trinajstić information content (AvgIpc) is 3.19. The minimum Gasteiger partial charge on any atom is -0.383 e. The first-order valence-corrected chi connectivity index (χ1v) is 11.6. The maximum absolute atomic E-state index is 12.9. The molecule has 1 saturated carbocycles. The van der Waals surface area contributed by atoms with Gasteiger partial charge in [0.2, 0.25) is 5.91 Å². The molecule has 7 nitrogen and oxygen atoms in total. The van der Waals surface area contributed by atoms with Crippen LogP contribution in [-0.2, 0) is 16.1 Å². The molecule has 1 aliphatic rings. The summed E-state index contributed by atoms with van der Waals surface area (Å²) in [5.41, 5.74) is 2.53. The van der Waals surface area contributed by atoms with E-state index in [4.69, 9.17) is 4.74 Å². The van der Waals surface area contributed by atoms with E-state index < -0.39 is 0 Å². The molecule has 7 heteroatoms. The number of carbonyl (C=O) groups is 1. The van der Waals surface area contributed by atoms with Crippen LogP contribution in [0.25, 0.3) is 0 Å². The van der Waals surface area contributed by atoms with E-state index in [-0.39, 0.29) is 5.91 Å². The molecule has 0 spiro atoms. The molecule has 2 rings (SSSR count). The van der Waals surface area contributed by atoms with Crippen molar-refractivity contribution in [2.45, 2.75) is 70.9 Å². The summed E-state index contributed by atoms with van der Waals surface area (Å²) in [7, 11) is 5.85. The van der Waals surface area contributed by atoms with E-state index in [1.54, 1.807) is 7.11 Å². The van der Waals surface area contributed by atoms with Crippen LogP contribution in [0.5, 0.6) is 0 Å². The third kappa shape index (κ3) is 7.67. The van der Waals surface area contributed by atoms with Crippen LogP contribution in [0, 0.1) is 5.92 Å². The van der Waals surface area contributed by atoms with Gasteiger partial charge in [-0.2, -0.15) is 5.10 Å². The van der Waals surface area contributed by atoms with Crippen molar-refractivity contribution in [2.75, 3.05) is 47.4 Å². The van der Waals surface area contributed by atoms with Crippen molar-refractivity contribution in [2.24, 2.45) is 5.92 Å². The van der Waals surface area contributed by atoms with Crippen LogP contribution in [-0.4, -0.2) is 79.4 Å². The molecule has 0 aromatic carbocycles. The van der Waals surface area contributed by atoms with Crippen LogP contribution >= 0.6 is 0 Å². The number of ether oxygens (including phenoxy) is 1. The summed E-state index contributed by atoms with van der Waals surface area (Å²) in [4.78, 5) is 17.3. The lowest BCUT2D eigenvalue weighted by Gasteiger charge is -2.37. The van der Waals surface area contributed by atoms with E-state index in [9.17, 15) is 4.79 Å². The fourth-order valence-corrected chi connectivity index (χ4v) is 4.40. The van der Waals surface area contributed by atoms with E-state index in [1.165, 1.54) is 11.3 Å². The summed E-state index contributed by atoms with van der Waals surface area (Å²) < 4.78 is 5.28. The monoisotopic (exact) mass is 421 g/mol. The summed E-state index contributed by atoms with van der Waals surface area (Å²) in [6.07, 6.45) is 7.91. The molecule has 0 saturated heterocycles. The van der Waals surface area contributed by atoms with E-state index >= 15 is 0 Å². The Balaban J connectivity index is 1.93. The third-order valence-electron chi connectivity index (χ3n) is 6.25. The largest absolute Gasteiger partial charge is 0.383 e. The van der Waals surface area contributed by atoms with Crippen LogP contribution in [0.3, 0.4) is 0 Å². The quantitative estimate of drug-likeness (QED) is 0.512. The van der Waals surface area contributed by atoms with Gasteiger partial charge in [0.05, 0.1) is 12.3 Å². The molecular weight excluding hydrogens is 378 g/mol. The molecular formula is C23H43N5O2. The number of hydrogen-bond acceptors (Lipinski definition) is 5. The standard InChI is InChI=1S/C23H43N5O2/c1-18(2)6-11-22(29)28(14-15-30-5)21-9-7-19(8-10-21)23-20(16-25-26-23)17-27(4)13-12-24-3/h16,18-19,21,24H,6-15,17H2,1-5H3,(H,25,26)/t19-,21+. The van der Waals surface area contributed by atoms with Crippen molar-refractivity contribution < 1.29 is 9.53 Å². The van der Waals surface area contributed by atoms with Crippen LogP contribution < -0.4 is 5.32 Å². The van der Waals surface area contributed by atoms with E-state index in [0.717, 1.165) is 51.7 Å². The number of rotatable bonds is 13. The first-order valence-electron chi connectivity index (χ1n) is 11.6. The Morgan fingerprint density at radius 1 is 1.30 bits per heavy atom. The lowest BCUT2D eigenvalue weighted by atomic mass is 9.82. The first kappa shape index (κ1) is 24.8. The smallest absolute Gasteiger partial charge is 0.222 e. The molecule has 1 aromatic rings. The fraction of sp³-hybridized carbons (Fsp3) is 0.826. The zero-order valence-corrected chi connectivity index (χ0v) is 19.7. The van der Waals surface area contributed by atoms with E-state index in [1.807, 2.05) is 7.05 Å². The summed E-state index contributed by atoms with van der Waals surface area (Å²) in [6.45, 7) is 8.58. The average molecular weight is 422 g/mol. The molecule has 0 aliphatic heterocycles. The van der Waals surface area contributed by atoms with Crippen molar-refractivity contribution in [3.63, 3.8) is 0 Å². The Labute approximate surface area is 182 Å². The van der Waals surface area contributed by atoms with Crippen molar-refractivity contribution in [1.29, 1.82) is 0 Å². The van der Waals surface area contributed by atoms with Crippen LogP contribution in [0.2, 0.25) is 0 Å². The summed E-state index contributed by atoms with van der Waals surface area (Å²) in [6, 6.07) is 0.330. The fourth-order valence-electron chi connectivity index (χ4n) is 4.40. The molecule has 1 heterocycles. The molecule has 2 N–H and O–H groups in total. The molecule has 0 atom stereocenters. The number of nitrogens with zero attached hydrogens (tertiary/aromatic N) is 3. The van der Waals surface area contributed by atoms with Gasteiger partial charge in [-0.05, 0) is 52.1 Å². The van der Waals surface area contributed by atoms with Crippen LogP contribution in [0.1, 0.15) is 69.5 Å². The highest BCUT2D eigenvalue weighted by atomic mass is 16.5. The lowest BCUT2D eigenvalue weighted by Crippen LogP contribution is -2.44. The Bertz CT molecular complexity index is 610. The molecule has 172 valence electrons. The van der Waals surface area contributed by atoms with Gasteiger partial charge in [0.15, 0.2) is 0 Å². The van der Waals surface area contributed by atoms with Gasteiger partial charge in [0.25, 0.3) is 0 Å². The molecule has 0 radical (unpaired) electrons. The Kier molecular flexibility index (Phi) is 10.8. The van der Waals surface area contributed by atoms with Crippen molar-refractivity contribution in [1.82, 2.24) is 25.3 Å². The van der Waals surface area contributed by atoms with Gasteiger partial charge in [0, 0.05) is 63.4 Å². The molecule has 1 amide bonds. The predicted octanol–water partition coefficient (Wildman–Crippen LogP) is 3.00. The minimum absolute atomic E-state index is 0.288. The SMILES string of the molecule is CNCCN(C)Cc1c[nH]nc1[C@H]1CC[C@@H](N(CCOC)C(=O)CCC(C)C)CC1. The van der Waals surface area contributed by atoms with E-state index in [2.05, 4.69) is 52.4 Å². The van der Waals surface area contributed by atoms with Crippen molar-refractivity contribution in [3.8, 4) is 0 Å². The normalized spacial score (nSPS) is 19.6. The van der Waals surface area contributed by atoms with E-state index in [0.29, 0.717) is 37.5 Å². The summed E-state index contributed by atoms with van der Waals surface area (Å²) in [5.74, 6) is 1.32. The number of aromatic amines is 1. The number of H-pyrrole nitrogens is 1. The molecule has 0 unspecified atom stereocenters. The van der Waals surface area contributed by atoms with Crippen LogP contribution in [0.15, 0.2) is 6.20 Å². The highest BCUT2D eigenvalue weighted by Gasteiger charge is 2.31. The minimum atomic E-state index is 0.288. The Morgan fingerprint density at radius 3 is 2.67 bits per heavy atom. The Hall–Kier alpha value is -1.44. The van der Waals surface area contributed by atoms with Gasteiger partial charge in [-0.1, -0.05) is 13.8 Å². The topological polar surface area (TPSA) is 73.5 Å². The highest BCUT2D eigenvalue weighted by molar-refractivity contribution is 5.76. The number of carbonyl (C=O) groups excluding carboxylic acids is 1. The zero-order chi connectivity index (χ0) is 21.9. The van der Waals surface area contributed by atoms with Gasteiger partial charge >= 0.3 is 0 Å². The first-order chi connectivity index (χ1) is 14.5. The number of likely N-dealkylation sites (N-methyl/N-ethyl adjacent to an activating group) is 2. The van der Waals surface area contributed by atoms with Gasteiger partial charge < -0.3 is 19.9 Å². The molecule has 1 fully saturated rings. The van der Waals surface area contributed by atoms with Gasteiger partial charge in [-0.15, -0.1) is 0 Å². The number of hydrogen-bond donors (Lipinski definition) is 2. The van der Waals surface area contributed by atoms with Crippen molar-refractivity contribution >= 4 is 5.91 Å². The molecule has 30 heavy (non-hydrogen) atoms. The Morgan fingerprint density at radius 2 is 2.03 bits per heavy atom.